The Morgan fingerprint density at radius 2 is 1.80 bits per heavy atom. The Morgan fingerprint density at radius 1 is 1.00 bits per heavy atom. The van der Waals surface area contributed by atoms with Crippen LogP contribution in [0.4, 0.5) is 5.82 Å². The number of hydrogen-bond acceptors (Lipinski definition) is 8. The lowest BCUT2D eigenvalue weighted by Gasteiger charge is -2.38. The van der Waals surface area contributed by atoms with Gasteiger partial charge in [-0.05, 0) is 24.2 Å². The topological polar surface area (TPSA) is 120 Å². The number of benzene rings is 1. The molecule has 224 valence electrons. The van der Waals surface area contributed by atoms with Crippen LogP contribution >= 0.6 is 0 Å². The molecule has 11 heteroatoms. The number of aryl methyl sites for hydroxylation is 1. The van der Waals surface area contributed by atoms with Crippen LogP contribution in [0.15, 0.2) is 73.4 Å². The smallest absolute Gasteiger partial charge is 0.226 e. The summed E-state index contributed by atoms with van der Waals surface area (Å²) >= 11 is 0. The maximum Gasteiger partial charge on any atom is 0.226 e. The molecule has 1 aliphatic rings. The average Bonchev–Trinajstić information content (AvgIpc) is 3.70. The maximum atomic E-state index is 13.6. The highest BCUT2D eigenvalue weighted by Crippen LogP contribution is 2.30. The zero-order valence-corrected chi connectivity index (χ0v) is 25.3. The van der Waals surface area contributed by atoms with Crippen molar-refractivity contribution in [1.82, 2.24) is 39.6 Å². The second-order valence-electron chi connectivity index (χ2n) is 11.2. The number of aromatic nitrogens is 6. The normalized spacial score (nSPS) is 14.9. The van der Waals surface area contributed by atoms with E-state index in [0.717, 1.165) is 30.0 Å². The summed E-state index contributed by atoms with van der Waals surface area (Å²) in [7, 11) is 1.86. The number of carbonyl (C=O) groups is 1. The number of piperazine rings is 1. The molecule has 0 saturated carbocycles. The Balaban J connectivity index is 1.17. The molecule has 0 radical (unpaired) electrons. The second-order valence-corrected chi connectivity index (χ2v) is 11.2. The molecule has 44 heavy (non-hydrogen) atoms. The number of hydrogen-bond donors (Lipinski definition) is 1. The number of rotatable bonds is 9. The lowest BCUT2D eigenvalue weighted by Crippen LogP contribution is -2.51. The summed E-state index contributed by atoms with van der Waals surface area (Å²) in [5.74, 6) is 1.02. The summed E-state index contributed by atoms with van der Waals surface area (Å²) in [6.07, 6.45) is 8.80. The van der Waals surface area contributed by atoms with Crippen LogP contribution in [0.1, 0.15) is 30.9 Å². The van der Waals surface area contributed by atoms with Gasteiger partial charge in [0.1, 0.15) is 23.0 Å². The van der Waals surface area contributed by atoms with Crippen LogP contribution in [0.25, 0.3) is 28.0 Å². The van der Waals surface area contributed by atoms with Crippen molar-refractivity contribution in [2.75, 3.05) is 44.2 Å². The number of nitrogens with zero attached hydrogens (tertiary/aromatic N) is 9. The highest BCUT2D eigenvalue weighted by Gasteiger charge is 2.31. The lowest BCUT2D eigenvalue weighted by atomic mass is 9.86. The second kappa shape index (κ2) is 12.7. The van der Waals surface area contributed by atoms with E-state index in [4.69, 9.17) is 9.97 Å². The van der Waals surface area contributed by atoms with Crippen molar-refractivity contribution >= 4 is 17.2 Å². The molecule has 2 atom stereocenters. The van der Waals surface area contributed by atoms with E-state index in [1.54, 1.807) is 27.8 Å². The fourth-order valence-electron chi connectivity index (χ4n) is 5.90. The third-order valence-electron chi connectivity index (χ3n) is 8.39. The molecule has 0 spiro atoms. The van der Waals surface area contributed by atoms with Crippen LogP contribution in [0.5, 0.6) is 0 Å². The number of pyridine rings is 1. The largest absolute Gasteiger partial charge is 0.353 e. The summed E-state index contributed by atoms with van der Waals surface area (Å²) in [5.41, 5.74) is 5.25. The zero-order chi connectivity index (χ0) is 30.6. The summed E-state index contributed by atoms with van der Waals surface area (Å²) in [4.78, 5) is 27.5. The van der Waals surface area contributed by atoms with Crippen LogP contribution in [0.3, 0.4) is 0 Å². The van der Waals surface area contributed by atoms with Gasteiger partial charge in [0, 0.05) is 75.1 Å². The van der Waals surface area contributed by atoms with Crippen molar-refractivity contribution in [2.45, 2.75) is 19.8 Å². The van der Waals surface area contributed by atoms with Gasteiger partial charge >= 0.3 is 0 Å². The van der Waals surface area contributed by atoms with Gasteiger partial charge in [0.25, 0.3) is 0 Å². The molecule has 0 aliphatic carbocycles. The van der Waals surface area contributed by atoms with Crippen molar-refractivity contribution < 1.29 is 4.79 Å². The quantitative estimate of drug-likeness (QED) is 0.277. The van der Waals surface area contributed by atoms with Crippen molar-refractivity contribution in [3.05, 3.63) is 84.6 Å². The first-order chi connectivity index (χ1) is 21.5. The van der Waals surface area contributed by atoms with E-state index in [-0.39, 0.29) is 17.7 Å². The first kappa shape index (κ1) is 29.0. The number of nitrogens with one attached hydrogen (secondary N) is 1. The SMILES string of the molecule is CCNC[C@@H](c1ccccc1)[C@@H](C)C(=O)N1CCN(c2ccc(-c3nc(-c4cnn(C)c4)cn4ncc(C#N)c34)cn2)CC1. The number of fused-ring (bicyclic) bond motifs is 1. The Morgan fingerprint density at radius 3 is 2.45 bits per heavy atom. The van der Waals surface area contributed by atoms with Crippen molar-refractivity contribution in [3.63, 3.8) is 0 Å². The molecule has 11 nitrogen and oxygen atoms in total. The summed E-state index contributed by atoms with van der Waals surface area (Å²) in [6, 6.07) is 16.5. The van der Waals surface area contributed by atoms with Gasteiger partial charge in [0.2, 0.25) is 5.91 Å². The molecule has 1 aromatic carbocycles. The lowest BCUT2D eigenvalue weighted by molar-refractivity contribution is -0.136. The monoisotopic (exact) mass is 588 g/mol. The molecular weight excluding hydrogens is 552 g/mol. The van der Waals surface area contributed by atoms with E-state index in [1.807, 2.05) is 54.7 Å². The third-order valence-corrected chi connectivity index (χ3v) is 8.39. The summed E-state index contributed by atoms with van der Waals surface area (Å²) < 4.78 is 3.41. The minimum atomic E-state index is -0.131. The van der Waals surface area contributed by atoms with E-state index in [2.05, 4.69) is 52.5 Å². The predicted octanol–water partition coefficient (Wildman–Crippen LogP) is 3.74. The molecule has 1 aliphatic heterocycles. The number of anilines is 1. The van der Waals surface area contributed by atoms with Crippen molar-refractivity contribution in [1.29, 1.82) is 5.26 Å². The molecule has 5 heterocycles. The van der Waals surface area contributed by atoms with Crippen LogP contribution in [-0.2, 0) is 11.8 Å². The van der Waals surface area contributed by atoms with Gasteiger partial charge in [-0.2, -0.15) is 15.5 Å². The third kappa shape index (κ3) is 5.76. The van der Waals surface area contributed by atoms with E-state index in [1.165, 1.54) is 5.56 Å². The Hall–Kier alpha value is -5.08. The number of amides is 1. The van der Waals surface area contributed by atoms with Gasteiger partial charge in [0.05, 0.1) is 30.0 Å². The minimum absolute atomic E-state index is 0.116. The van der Waals surface area contributed by atoms with Gasteiger partial charge in [-0.15, -0.1) is 0 Å². The van der Waals surface area contributed by atoms with Gasteiger partial charge in [0.15, 0.2) is 0 Å². The standard InChI is InChI=1S/C33H36N10O/c1-4-35-20-28(24-8-6-5-7-9-24)23(2)33(44)42-14-12-41(13-15-42)30-11-10-25(17-36-30)31-32-26(16-34)18-38-43(32)22-29(39-31)27-19-37-40(3)21-27/h5-11,17-19,21-23,28,35H,4,12-15,20H2,1-3H3/t23-,28-/m1/s1. The Bertz CT molecular complexity index is 1780. The fourth-order valence-corrected chi connectivity index (χ4v) is 5.90. The highest BCUT2D eigenvalue weighted by molar-refractivity contribution is 5.83. The molecule has 5 aromatic rings. The average molecular weight is 589 g/mol. The minimum Gasteiger partial charge on any atom is -0.353 e. The van der Waals surface area contributed by atoms with Gasteiger partial charge in [-0.1, -0.05) is 44.2 Å². The number of likely N-dealkylation sites (N-methyl/N-ethyl adjacent to an activating group) is 1. The van der Waals surface area contributed by atoms with Crippen LogP contribution in [-0.4, -0.2) is 79.4 Å². The van der Waals surface area contributed by atoms with Crippen LogP contribution in [0, 0.1) is 17.2 Å². The molecule has 0 unspecified atom stereocenters. The summed E-state index contributed by atoms with van der Waals surface area (Å²) in [6.45, 7) is 8.47. The van der Waals surface area contributed by atoms with E-state index < -0.39 is 0 Å². The van der Waals surface area contributed by atoms with E-state index in [0.29, 0.717) is 48.6 Å². The van der Waals surface area contributed by atoms with Gasteiger partial charge in [-0.25, -0.2) is 14.5 Å². The van der Waals surface area contributed by atoms with Crippen molar-refractivity contribution in [2.24, 2.45) is 13.0 Å². The summed E-state index contributed by atoms with van der Waals surface area (Å²) in [5, 5.41) is 21.8. The molecule has 1 fully saturated rings. The predicted molar refractivity (Wildman–Crippen MR) is 169 cm³/mol. The van der Waals surface area contributed by atoms with Crippen LogP contribution < -0.4 is 10.2 Å². The van der Waals surface area contributed by atoms with Gasteiger partial charge in [-0.3, -0.25) is 9.48 Å². The molecule has 0 bridgehead atoms. The van der Waals surface area contributed by atoms with E-state index in [9.17, 15) is 10.1 Å². The van der Waals surface area contributed by atoms with E-state index >= 15 is 0 Å². The number of carbonyl (C=O) groups excluding carboxylic acids is 1. The Kier molecular flexibility index (Phi) is 8.34. The molecule has 1 amide bonds. The number of nitriles is 1. The molecule has 6 rings (SSSR count). The fraction of sp³-hybridized carbons (Fsp3) is 0.333. The first-order valence-electron chi connectivity index (χ1n) is 15.0. The van der Waals surface area contributed by atoms with Crippen molar-refractivity contribution in [3.8, 4) is 28.6 Å². The van der Waals surface area contributed by atoms with Crippen LogP contribution in [0.2, 0.25) is 0 Å². The Labute approximate surface area is 256 Å². The molecule has 1 N–H and O–H groups in total. The molecule has 4 aromatic heterocycles. The molecular formula is C33H36N10O. The maximum absolute atomic E-state index is 13.6. The molecule has 1 saturated heterocycles. The highest BCUT2D eigenvalue weighted by atomic mass is 16.2. The van der Waals surface area contributed by atoms with Gasteiger partial charge < -0.3 is 15.1 Å². The first-order valence-corrected chi connectivity index (χ1v) is 15.0. The zero-order valence-electron chi connectivity index (χ0n) is 25.3.